The van der Waals surface area contributed by atoms with Crippen molar-refractivity contribution in [3.8, 4) is 5.75 Å². The molecule has 0 saturated carbocycles. The van der Waals surface area contributed by atoms with E-state index in [1.165, 1.54) is 4.90 Å². The van der Waals surface area contributed by atoms with Crippen LogP contribution in [0, 0.1) is 11.8 Å². The molecule has 4 aliphatic rings. The molecule has 1 spiro atoms. The van der Waals surface area contributed by atoms with E-state index in [0.717, 1.165) is 24.1 Å². The Bertz CT molecular complexity index is 1190. The summed E-state index contributed by atoms with van der Waals surface area (Å²) < 4.78 is 5.23. The van der Waals surface area contributed by atoms with Gasteiger partial charge in [-0.1, -0.05) is 24.3 Å². The molecule has 33 heavy (non-hydrogen) atoms. The number of fused-ring (bicyclic) bond motifs is 7. The van der Waals surface area contributed by atoms with Crippen molar-refractivity contribution in [1.29, 1.82) is 0 Å². The number of hydrogen-bond donors (Lipinski definition) is 0. The van der Waals surface area contributed by atoms with Crippen molar-refractivity contribution in [3.05, 3.63) is 66.7 Å². The fraction of sp³-hybridized carbons (Fsp3) is 0.346. The van der Waals surface area contributed by atoms with Gasteiger partial charge in [-0.3, -0.25) is 19.3 Å². The van der Waals surface area contributed by atoms with Gasteiger partial charge in [-0.05, 0) is 49.7 Å². The van der Waals surface area contributed by atoms with Gasteiger partial charge in [-0.15, -0.1) is 6.58 Å². The van der Waals surface area contributed by atoms with Gasteiger partial charge in [0.15, 0.2) is 0 Å². The van der Waals surface area contributed by atoms with Crippen LogP contribution in [-0.4, -0.2) is 48.9 Å². The maximum atomic E-state index is 14.2. The average molecular weight is 444 g/mol. The lowest BCUT2D eigenvalue weighted by Gasteiger charge is -2.37. The van der Waals surface area contributed by atoms with Gasteiger partial charge in [0.1, 0.15) is 11.3 Å². The van der Waals surface area contributed by atoms with Crippen LogP contribution in [0.4, 0.5) is 11.4 Å². The second kappa shape index (κ2) is 7.02. The number of para-hydroxylation sites is 1. The number of nitrogens with zero attached hydrogens (tertiary/aromatic N) is 3. The fourth-order valence-electron chi connectivity index (χ4n) is 6.64. The summed E-state index contributed by atoms with van der Waals surface area (Å²) in [7, 11) is 1.57. The molecule has 0 aromatic heterocycles. The molecule has 3 fully saturated rings. The van der Waals surface area contributed by atoms with Gasteiger partial charge in [0.25, 0.3) is 5.91 Å². The summed E-state index contributed by atoms with van der Waals surface area (Å²) in [6.07, 6.45) is 3.40. The molecule has 6 rings (SSSR count). The largest absolute Gasteiger partial charge is 0.497 e. The molecule has 0 bridgehead atoms. The van der Waals surface area contributed by atoms with Gasteiger partial charge in [0.05, 0.1) is 24.6 Å². The topological polar surface area (TPSA) is 70.2 Å². The highest BCUT2D eigenvalue weighted by Crippen LogP contribution is 2.61. The summed E-state index contributed by atoms with van der Waals surface area (Å²) in [6, 6.07) is 14.5. The minimum atomic E-state index is -1.15. The molecule has 4 aliphatic heterocycles. The summed E-state index contributed by atoms with van der Waals surface area (Å²) in [5, 5.41) is 0. The second-order valence-corrected chi connectivity index (χ2v) is 9.10. The molecular formula is C26H25N3O4. The van der Waals surface area contributed by atoms with Crippen LogP contribution >= 0.6 is 0 Å². The predicted octanol–water partition coefficient (Wildman–Crippen LogP) is 2.71. The van der Waals surface area contributed by atoms with E-state index in [2.05, 4.69) is 11.5 Å². The number of anilines is 2. The van der Waals surface area contributed by atoms with E-state index < -0.39 is 17.4 Å². The summed E-state index contributed by atoms with van der Waals surface area (Å²) in [5.74, 6) is -1.27. The van der Waals surface area contributed by atoms with Crippen LogP contribution in [0.25, 0.3) is 0 Å². The highest BCUT2D eigenvalue weighted by Gasteiger charge is 2.75. The van der Waals surface area contributed by atoms with E-state index in [1.807, 2.05) is 24.3 Å². The first kappa shape index (κ1) is 20.2. The van der Waals surface area contributed by atoms with Crippen LogP contribution in [0.5, 0.6) is 5.75 Å². The summed E-state index contributed by atoms with van der Waals surface area (Å²) in [4.78, 5) is 47.1. The van der Waals surface area contributed by atoms with Gasteiger partial charge < -0.3 is 9.64 Å². The molecule has 0 radical (unpaired) electrons. The summed E-state index contributed by atoms with van der Waals surface area (Å²) in [5.41, 5.74) is 0.992. The average Bonchev–Trinajstić information content (AvgIpc) is 3.53. The second-order valence-electron chi connectivity index (χ2n) is 9.10. The van der Waals surface area contributed by atoms with Crippen molar-refractivity contribution in [2.45, 2.75) is 24.4 Å². The quantitative estimate of drug-likeness (QED) is 0.537. The van der Waals surface area contributed by atoms with Gasteiger partial charge in [-0.2, -0.15) is 0 Å². The van der Waals surface area contributed by atoms with Crippen molar-refractivity contribution >= 4 is 29.1 Å². The molecule has 7 nitrogen and oxygen atoms in total. The number of methoxy groups -OCH3 is 1. The van der Waals surface area contributed by atoms with Crippen LogP contribution < -0.4 is 14.5 Å². The van der Waals surface area contributed by atoms with E-state index in [0.29, 0.717) is 24.5 Å². The monoisotopic (exact) mass is 443 g/mol. The Morgan fingerprint density at radius 2 is 1.85 bits per heavy atom. The Balaban J connectivity index is 1.53. The van der Waals surface area contributed by atoms with Crippen LogP contribution in [0.2, 0.25) is 0 Å². The zero-order chi connectivity index (χ0) is 22.9. The number of hydrogen-bond acceptors (Lipinski definition) is 5. The number of benzene rings is 2. The minimum Gasteiger partial charge on any atom is -0.497 e. The maximum Gasteiger partial charge on any atom is 0.253 e. The first-order valence-electron chi connectivity index (χ1n) is 11.4. The number of amides is 3. The third-order valence-corrected chi connectivity index (χ3v) is 7.79. The summed E-state index contributed by atoms with van der Waals surface area (Å²) >= 11 is 0. The van der Waals surface area contributed by atoms with E-state index in [9.17, 15) is 14.4 Å². The Hall–Kier alpha value is -3.45. The molecule has 0 unspecified atom stereocenters. The lowest BCUT2D eigenvalue weighted by molar-refractivity contribution is -0.137. The lowest BCUT2D eigenvalue weighted by Crippen LogP contribution is -2.56. The molecule has 2 aromatic rings. The maximum absolute atomic E-state index is 14.2. The predicted molar refractivity (Wildman–Crippen MR) is 123 cm³/mol. The Morgan fingerprint density at radius 3 is 2.58 bits per heavy atom. The first-order valence-corrected chi connectivity index (χ1v) is 11.4. The molecule has 168 valence electrons. The van der Waals surface area contributed by atoms with E-state index in [1.54, 1.807) is 42.4 Å². The number of rotatable bonds is 4. The van der Waals surface area contributed by atoms with E-state index >= 15 is 0 Å². The number of ether oxygens (including phenoxy) is 1. The smallest absolute Gasteiger partial charge is 0.253 e. The molecule has 0 N–H and O–H groups in total. The van der Waals surface area contributed by atoms with Crippen molar-refractivity contribution in [1.82, 2.24) is 4.90 Å². The molecule has 4 heterocycles. The Labute approximate surface area is 192 Å². The van der Waals surface area contributed by atoms with Crippen LogP contribution in [0.3, 0.4) is 0 Å². The molecule has 3 amide bonds. The third-order valence-electron chi connectivity index (χ3n) is 7.79. The van der Waals surface area contributed by atoms with Crippen molar-refractivity contribution in [2.75, 3.05) is 30.0 Å². The molecular weight excluding hydrogens is 418 g/mol. The number of carbonyl (C=O) groups is 3. The molecule has 2 aromatic carbocycles. The van der Waals surface area contributed by atoms with Crippen molar-refractivity contribution < 1.29 is 19.1 Å². The normalized spacial score (nSPS) is 30.2. The standard InChI is InChI=1S/C26H25N3O4/c1-3-14-27-19-8-5-4-7-18(19)26(25(27)32)22-21(20-9-6-15-28(20)26)23(30)29(24(22)31)16-10-12-17(33-2)13-11-16/h3-5,7-8,10-13,20-22H,1,6,9,14-15H2,2H3/t20-,21-,22+,26+/m1/s1. The minimum absolute atomic E-state index is 0.124. The molecule has 4 atom stereocenters. The van der Waals surface area contributed by atoms with Crippen LogP contribution in [0.15, 0.2) is 61.2 Å². The van der Waals surface area contributed by atoms with Crippen LogP contribution in [0.1, 0.15) is 18.4 Å². The van der Waals surface area contributed by atoms with Gasteiger partial charge >= 0.3 is 0 Å². The van der Waals surface area contributed by atoms with Crippen molar-refractivity contribution in [3.63, 3.8) is 0 Å². The number of imide groups is 1. The Morgan fingerprint density at radius 1 is 1.09 bits per heavy atom. The van der Waals surface area contributed by atoms with Gasteiger partial charge in [0.2, 0.25) is 11.8 Å². The van der Waals surface area contributed by atoms with Crippen LogP contribution in [-0.2, 0) is 19.9 Å². The fourth-order valence-corrected chi connectivity index (χ4v) is 6.64. The zero-order valence-electron chi connectivity index (χ0n) is 18.4. The highest BCUT2D eigenvalue weighted by atomic mass is 16.5. The third kappa shape index (κ3) is 2.35. The molecule has 0 aliphatic carbocycles. The van der Waals surface area contributed by atoms with Crippen molar-refractivity contribution in [2.24, 2.45) is 11.8 Å². The number of carbonyl (C=O) groups excluding carboxylic acids is 3. The van der Waals surface area contributed by atoms with E-state index in [-0.39, 0.29) is 23.8 Å². The zero-order valence-corrected chi connectivity index (χ0v) is 18.4. The first-order chi connectivity index (χ1) is 16.1. The Kier molecular flexibility index (Phi) is 4.29. The van der Waals surface area contributed by atoms with Gasteiger partial charge in [0, 0.05) is 23.8 Å². The van der Waals surface area contributed by atoms with Gasteiger partial charge in [-0.25, -0.2) is 4.90 Å². The van der Waals surface area contributed by atoms with E-state index in [4.69, 9.17) is 4.74 Å². The highest BCUT2D eigenvalue weighted by molar-refractivity contribution is 6.26. The molecule has 3 saturated heterocycles. The SMILES string of the molecule is C=CCN1C(=O)[C@]2(c3ccccc31)[C@@H]1C(=O)N(c3ccc(OC)cc3)C(=O)[C@@H]1[C@H]1CCCN12. The molecule has 7 heteroatoms. The summed E-state index contributed by atoms with van der Waals surface area (Å²) in [6.45, 7) is 4.88. The lowest BCUT2D eigenvalue weighted by atomic mass is 9.75.